The van der Waals surface area contributed by atoms with Gasteiger partial charge in [0.2, 0.25) is 0 Å². The molecule has 1 aromatic rings. The van der Waals surface area contributed by atoms with Crippen molar-refractivity contribution in [3.63, 3.8) is 0 Å². The molecule has 0 unspecified atom stereocenters. The molecule has 0 bridgehead atoms. The van der Waals surface area contributed by atoms with Crippen molar-refractivity contribution in [1.29, 1.82) is 0 Å². The van der Waals surface area contributed by atoms with E-state index in [-0.39, 0.29) is 0 Å². The molecule has 1 rings (SSSR count). The molecule has 0 nitrogen and oxygen atoms in total. The standard InChI is InChI=1S/C53H100/c1-4-6-8-10-12-14-16-18-20-22-24-26-28-30-32-34-36-38-40-42-44-46-52-48-51(3)49-53(50-52)47-45-43-41-39-37-35-33-31-29-27-25-23-21-19-17-15-13-11-9-7-5-2/h48-50H,4-47H2,1-3H3. The van der Waals surface area contributed by atoms with Crippen molar-refractivity contribution in [3.8, 4) is 0 Å². The van der Waals surface area contributed by atoms with Crippen LogP contribution in [0.1, 0.15) is 300 Å². The Bertz CT molecular complexity index is 757. The van der Waals surface area contributed by atoms with Crippen LogP contribution in [0.4, 0.5) is 0 Å². The van der Waals surface area contributed by atoms with Gasteiger partial charge in [0, 0.05) is 0 Å². The molecule has 1 aromatic carbocycles. The predicted molar refractivity (Wildman–Crippen MR) is 244 cm³/mol. The highest BCUT2D eigenvalue weighted by atomic mass is 14.1. The number of benzene rings is 1. The van der Waals surface area contributed by atoms with Gasteiger partial charge in [-0.3, -0.25) is 0 Å². The summed E-state index contributed by atoms with van der Waals surface area (Å²) in [6, 6.07) is 7.45. The van der Waals surface area contributed by atoms with Crippen molar-refractivity contribution in [1.82, 2.24) is 0 Å². The second-order valence-corrected chi connectivity index (χ2v) is 18.0. The van der Waals surface area contributed by atoms with Gasteiger partial charge >= 0.3 is 0 Å². The molecule has 0 saturated heterocycles. The van der Waals surface area contributed by atoms with Crippen molar-refractivity contribution >= 4 is 0 Å². The molecule has 53 heavy (non-hydrogen) atoms. The molecule has 0 fully saturated rings. The lowest BCUT2D eigenvalue weighted by molar-refractivity contribution is 0.520. The van der Waals surface area contributed by atoms with Gasteiger partial charge in [-0.25, -0.2) is 0 Å². The van der Waals surface area contributed by atoms with Gasteiger partial charge in [-0.05, 0) is 43.7 Å². The van der Waals surface area contributed by atoms with E-state index in [0.717, 1.165) is 0 Å². The van der Waals surface area contributed by atoms with E-state index >= 15 is 0 Å². The lowest BCUT2D eigenvalue weighted by Gasteiger charge is -2.09. The van der Waals surface area contributed by atoms with Gasteiger partial charge in [0.1, 0.15) is 0 Å². The Morgan fingerprint density at radius 3 is 0.585 bits per heavy atom. The van der Waals surface area contributed by atoms with Crippen molar-refractivity contribution in [2.24, 2.45) is 0 Å². The molecule has 0 heteroatoms. The Kier molecular flexibility index (Phi) is 40.2. The zero-order valence-electron chi connectivity index (χ0n) is 37.3. The van der Waals surface area contributed by atoms with Crippen LogP contribution in [0.2, 0.25) is 0 Å². The van der Waals surface area contributed by atoms with Gasteiger partial charge in [0.05, 0.1) is 0 Å². The summed E-state index contributed by atoms with van der Waals surface area (Å²) in [6.45, 7) is 6.93. The number of unbranched alkanes of at least 4 members (excludes halogenated alkanes) is 40. The smallest absolute Gasteiger partial charge is 0.0279 e. The molecule has 0 saturated carbocycles. The second kappa shape index (κ2) is 42.4. The van der Waals surface area contributed by atoms with E-state index in [9.17, 15) is 0 Å². The Labute approximate surface area is 337 Å². The first-order chi connectivity index (χ1) is 26.3. The third-order valence-electron chi connectivity index (χ3n) is 12.3. The zero-order valence-corrected chi connectivity index (χ0v) is 37.3. The Hall–Kier alpha value is -0.780. The summed E-state index contributed by atoms with van der Waals surface area (Å²) in [6.07, 6.45) is 63.9. The number of hydrogen-bond donors (Lipinski definition) is 0. The summed E-state index contributed by atoms with van der Waals surface area (Å²) >= 11 is 0. The molecule has 0 aliphatic heterocycles. The van der Waals surface area contributed by atoms with Crippen LogP contribution in [0.3, 0.4) is 0 Å². The molecule has 312 valence electrons. The van der Waals surface area contributed by atoms with Crippen LogP contribution >= 0.6 is 0 Å². The second-order valence-electron chi connectivity index (χ2n) is 18.0. The van der Waals surface area contributed by atoms with Crippen LogP contribution < -0.4 is 0 Å². The van der Waals surface area contributed by atoms with Crippen LogP contribution in [0.15, 0.2) is 18.2 Å². The van der Waals surface area contributed by atoms with E-state index in [1.165, 1.54) is 288 Å². The van der Waals surface area contributed by atoms with Crippen LogP contribution in [0, 0.1) is 6.92 Å². The molecule has 0 heterocycles. The van der Waals surface area contributed by atoms with Crippen molar-refractivity contribution < 1.29 is 0 Å². The maximum absolute atomic E-state index is 2.54. The van der Waals surface area contributed by atoms with Crippen LogP contribution in [0.25, 0.3) is 0 Å². The SMILES string of the molecule is CCCCCCCCCCCCCCCCCCCCCCCc1cc(C)cc(CCCCCCCCCCCCCCCCCCCCCCC)c1. The Balaban J connectivity index is 1.84. The summed E-state index contributed by atoms with van der Waals surface area (Å²) in [4.78, 5) is 0. The van der Waals surface area contributed by atoms with Crippen LogP contribution in [0.5, 0.6) is 0 Å². The highest BCUT2D eigenvalue weighted by Crippen LogP contribution is 2.19. The van der Waals surface area contributed by atoms with Crippen LogP contribution in [-0.2, 0) is 12.8 Å². The fraction of sp³-hybridized carbons (Fsp3) is 0.887. The largest absolute Gasteiger partial charge is 0.0654 e. The first kappa shape index (κ1) is 50.2. The van der Waals surface area contributed by atoms with E-state index in [1.807, 2.05) is 0 Å². The fourth-order valence-electron chi connectivity index (χ4n) is 8.76. The molecule has 0 atom stereocenters. The molecular formula is C53H100. The molecule has 0 N–H and O–H groups in total. The summed E-state index contributed by atoms with van der Waals surface area (Å²) in [7, 11) is 0. The van der Waals surface area contributed by atoms with Crippen LogP contribution in [-0.4, -0.2) is 0 Å². The lowest BCUT2D eigenvalue weighted by Crippen LogP contribution is -1.93. The van der Waals surface area contributed by atoms with Gasteiger partial charge in [0.25, 0.3) is 0 Å². The third kappa shape index (κ3) is 37.9. The molecule has 0 radical (unpaired) electrons. The van der Waals surface area contributed by atoms with Crippen molar-refractivity contribution in [3.05, 3.63) is 34.9 Å². The first-order valence-corrected chi connectivity index (χ1v) is 25.4. The summed E-state index contributed by atoms with van der Waals surface area (Å²) in [5.41, 5.74) is 4.67. The normalized spacial score (nSPS) is 11.6. The summed E-state index contributed by atoms with van der Waals surface area (Å²) in [5, 5.41) is 0. The van der Waals surface area contributed by atoms with E-state index in [2.05, 4.69) is 39.0 Å². The minimum Gasteiger partial charge on any atom is -0.0654 e. The lowest BCUT2D eigenvalue weighted by atomic mass is 9.97. The monoisotopic (exact) mass is 737 g/mol. The highest BCUT2D eigenvalue weighted by Gasteiger charge is 2.02. The average Bonchev–Trinajstić information content (AvgIpc) is 3.16. The maximum atomic E-state index is 2.54. The van der Waals surface area contributed by atoms with Crippen molar-refractivity contribution in [2.75, 3.05) is 0 Å². The molecule has 0 aliphatic carbocycles. The number of hydrogen-bond acceptors (Lipinski definition) is 0. The molecular weight excluding hydrogens is 637 g/mol. The molecule has 0 spiro atoms. The maximum Gasteiger partial charge on any atom is -0.0279 e. The highest BCUT2D eigenvalue weighted by molar-refractivity contribution is 5.29. The predicted octanol–water partition coefficient (Wildman–Crippen LogP) is 19.5. The summed E-state index contributed by atoms with van der Waals surface area (Å²) < 4.78 is 0. The average molecular weight is 737 g/mol. The quantitative estimate of drug-likeness (QED) is 0.0585. The van der Waals surface area contributed by atoms with Crippen molar-refractivity contribution in [2.45, 2.75) is 303 Å². The topological polar surface area (TPSA) is 0 Å². The summed E-state index contributed by atoms with van der Waals surface area (Å²) in [5.74, 6) is 0. The van der Waals surface area contributed by atoms with Gasteiger partial charge < -0.3 is 0 Å². The minimum atomic E-state index is 1.28. The molecule has 0 amide bonds. The number of rotatable bonds is 44. The first-order valence-electron chi connectivity index (χ1n) is 25.4. The van der Waals surface area contributed by atoms with Gasteiger partial charge in [-0.15, -0.1) is 0 Å². The van der Waals surface area contributed by atoms with Gasteiger partial charge in [0.15, 0.2) is 0 Å². The minimum absolute atomic E-state index is 1.28. The van der Waals surface area contributed by atoms with Gasteiger partial charge in [-0.2, -0.15) is 0 Å². The molecule has 0 aromatic heterocycles. The Morgan fingerprint density at radius 2 is 0.396 bits per heavy atom. The van der Waals surface area contributed by atoms with Gasteiger partial charge in [-0.1, -0.05) is 294 Å². The molecule has 0 aliphatic rings. The number of aryl methyl sites for hydroxylation is 3. The van der Waals surface area contributed by atoms with E-state index < -0.39 is 0 Å². The van der Waals surface area contributed by atoms with E-state index in [0.29, 0.717) is 0 Å². The fourth-order valence-corrected chi connectivity index (χ4v) is 8.76. The van der Waals surface area contributed by atoms with E-state index in [4.69, 9.17) is 0 Å². The van der Waals surface area contributed by atoms with E-state index in [1.54, 1.807) is 11.1 Å². The Morgan fingerprint density at radius 1 is 0.226 bits per heavy atom. The third-order valence-corrected chi connectivity index (χ3v) is 12.3. The zero-order chi connectivity index (χ0) is 38.0.